The lowest BCUT2D eigenvalue weighted by Gasteiger charge is -2.05. The number of nitrogens with two attached hydrogens (primary N) is 1. The first kappa shape index (κ1) is 14.0. The molecule has 1 aromatic heterocycles. The van der Waals surface area contributed by atoms with Gasteiger partial charge < -0.3 is 5.73 Å². The van der Waals surface area contributed by atoms with Crippen LogP contribution in [-0.2, 0) is 10.2 Å². The van der Waals surface area contributed by atoms with Crippen LogP contribution in [0.2, 0.25) is 0 Å². The number of hydrogen-bond donors (Lipinski definition) is 2. The van der Waals surface area contributed by atoms with Crippen molar-refractivity contribution in [2.45, 2.75) is 6.18 Å². The molecule has 0 saturated heterocycles. The molecule has 0 unspecified atom stereocenters. The molecule has 7 nitrogen and oxygen atoms in total. The van der Waals surface area contributed by atoms with E-state index >= 15 is 0 Å². The summed E-state index contributed by atoms with van der Waals surface area (Å²) in [7, 11) is -4.45. The second-order valence-electron chi connectivity index (χ2n) is 3.03. The Kier molecular flexibility index (Phi) is 3.37. The summed E-state index contributed by atoms with van der Waals surface area (Å²) in [6, 6.07) is -0.761. The van der Waals surface area contributed by atoms with E-state index in [0.717, 1.165) is 0 Å². The van der Waals surface area contributed by atoms with Crippen molar-refractivity contribution in [3.8, 4) is 0 Å². The van der Waals surface area contributed by atoms with Crippen LogP contribution in [0.1, 0.15) is 10.4 Å². The van der Waals surface area contributed by atoms with Gasteiger partial charge in [0, 0.05) is 18.0 Å². The Morgan fingerprint density at radius 2 is 1.89 bits per heavy atom. The molecule has 1 rings (SSSR count). The number of primary amides is 1. The van der Waals surface area contributed by atoms with Crippen LogP contribution >= 0.6 is 0 Å². The van der Waals surface area contributed by atoms with Gasteiger partial charge in [-0.15, -0.1) is 0 Å². The number of aromatic nitrogens is 1. The molecule has 3 N–H and O–H groups in total. The maximum absolute atomic E-state index is 12.1. The number of rotatable bonds is 3. The number of amides is 2. The molecule has 0 aliphatic carbocycles. The van der Waals surface area contributed by atoms with E-state index in [-0.39, 0.29) is 3.97 Å². The zero-order chi connectivity index (χ0) is 14.1. The third-order valence-corrected chi connectivity index (χ3v) is 2.94. The van der Waals surface area contributed by atoms with Crippen molar-refractivity contribution in [1.29, 1.82) is 0 Å². The van der Waals surface area contributed by atoms with Gasteiger partial charge in [0.15, 0.2) is 0 Å². The first-order valence-electron chi connectivity index (χ1n) is 4.16. The van der Waals surface area contributed by atoms with E-state index in [2.05, 4.69) is 5.73 Å². The van der Waals surface area contributed by atoms with Crippen LogP contribution in [0, 0.1) is 0 Å². The number of carbonyl (C=O) groups is 2. The van der Waals surface area contributed by atoms with Crippen molar-refractivity contribution in [3.05, 3.63) is 24.0 Å². The van der Waals surface area contributed by atoms with Gasteiger partial charge in [0.25, 0.3) is 5.78 Å². The number of alkyl halides is 3. The Labute approximate surface area is 98.6 Å². The highest BCUT2D eigenvalue weighted by molar-refractivity contribution is 7.88. The van der Waals surface area contributed by atoms with Gasteiger partial charge in [-0.05, 0) is 6.07 Å². The SMILES string of the molecule is NC(=O)NS(=O)(=O)n1ccc(C(=O)C(F)(F)F)c1. The van der Waals surface area contributed by atoms with Crippen LogP contribution in [0.4, 0.5) is 18.0 Å². The summed E-state index contributed by atoms with van der Waals surface area (Å²) in [5.74, 6) is -2.20. The Morgan fingerprint density at radius 1 is 1.33 bits per heavy atom. The maximum atomic E-state index is 12.1. The van der Waals surface area contributed by atoms with E-state index in [4.69, 9.17) is 0 Å². The molecule has 0 aromatic carbocycles. The minimum Gasteiger partial charge on any atom is -0.351 e. The summed E-state index contributed by atoms with van der Waals surface area (Å²) in [5.41, 5.74) is 3.68. The van der Waals surface area contributed by atoms with Crippen molar-refractivity contribution < 1.29 is 31.2 Å². The molecular weight excluding hydrogens is 279 g/mol. The molecule has 0 saturated carbocycles. The van der Waals surface area contributed by atoms with Crippen molar-refractivity contribution >= 4 is 22.0 Å². The molecule has 0 spiro atoms. The highest BCUT2D eigenvalue weighted by Crippen LogP contribution is 2.21. The molecule has 0 bridgehead atoms. The number of hydrogen-bond acceptors (Lipinski definition) is 4. The van der Waals surface area contributed by atoms with Crippen molar-refractivity contribution in [2.75, 3.05) is 0 Å². The Morgan fingerprint density at radius 3 is 2.33 bits per heavy atom. The van der Waals surface area contributed by atoms with Crippen LogP contribution in [0.25, 0.3) is 0 Å². The monoisotopic (exact) mass is 285 g/mol. The number of ketones is 1. The smallest absolute Gasteiger partial charge is 0.351 e. The van der Waals surface area contributed by atoms with Gasteiger partial charge in [-0.2, -0.15) is 21.6 Å². The average Bonchev–Trinajstić information content (AvgIpc) is 2.61. The Balaban J connectivity index is 3.08. The molecule has 0 fully saturated rings. The molecule has 1 heterocycles. The lowest BCUT2D eigenvalue weighted by Crippen LogP contribution is -2.38. The summed E-state index contributed by atoms with van der Waals surface area (Å²) >= 11 is 0. The van der Waals surface area contributed by atoms with Gasteiger partial charge >= 0.3 is 22.4 Å². The highest BCUT2D eigenvalue weighted by Gasteiger charge is 2.40. The fraction of sp³-hybridized carbons (Fsp3) is 0.143. The molecule has 100 valence electrons. The molecule has 2 amide bonds. The van der Waals surface area contributed by atoms with E-state index in [0.29, 0.717) is 18.5 Å². The Bertz CT molecular complexity index is 589. The maximum Gasteiger partial charge on any atom is 0.454 e. The first-order chi connectivity index (χ1) is 8.04. The molecular formula is C7H6F3N3O4S. The van der Waals surface area contributed by atoms with E-state index in [9.17, 15) is 31.2 Å². The number of urea groups is 1. The predicted molar refractivity (Wildman–Crippen MR) is 51.9 cm³/mol. The van der Waals surface area contributed by atoms with E-state index in [1.165, 1.54) is 4.72 Å². The van der Waals surface area contributed by atoms with Crippen molar-refractivity contribution in [2.24, 2.45) is 5.73 Å². The third-order valence-electron chi connectivity index (χ3n) is 1.69. The fourth-order valence-electron chi connectivity index (χ4n) is 1.00. The standard InChI is InChI=1S/C7H6F3N3O4S/c8-7(9,10)5(14)4-1-2-13(3-4)18(16,17)12-6(11)15/h1-3H,(H3,11,12,15). The number of carbonyl (C=O) groups excluding carboxylic acids is 2. The molecule has 0 atom stereocenters. The van der Waals surface area contributed by atoms with Gasteiger partial charge in [0.05, 0.1) is 0 Å². The first-order valence-corrected chi connectivity index (χ1v) is 5.60. The van der Waals surface area contributed by atoms with E-state index in [1.54, 1.807) is 0 Å². The third kappa shape index (κ3) is 3.00. The van der Waals surface area contributed by atoms with Gasteiger partial charge in [-0.3, -0.25) is 4.79 Å². The molecule has 0 aliphatic heterocycles. The minimum atomic E-state index is -5.12. The molecule has 0 aliphatic rings. The van der Waals surface area contributed by atoms with Crippen molar-refractivity contribution in [3.63, 3.8) is 0 Å². The summed E-state index contributed by atoms with van der Waals surface area (Å²) in [6.07, 6.45) is -4.03. The van der Waals surface area contributed by atoms with Crippen LogP contribution < -0.4 is 10.5 Å². The number of nitrogens with zero attached hydrogens (tertiary/aromatic N) is 1. The number of Topliss-reactive ketones (excluding diaryl/α,β-unsaturated/α-hetero) is 1. The minimum absolute atomic E-state index is 0.233. The fourth-order valence-corrected chi connectivity index (χ4v) is 1.84. The molecule has 0 radical (unpaired) electrons. The molecule has 18 heavy (non-hydrogen) atoms. The van der Waals surface area contributed by atoms with Gasteiger partial charge in [-0.1, -0.05) is 0 Å². The summed E-state index contributed by atoms with van der Waals surface area (Å²) < 4.78 is 60.3. The van der Waals surface area contributed by atoms with E-state index < -0.39 is 33.8 Å². The van der Waals surface area contributed by atoms with Crippen LogP contribution in [-0.4, -0.2) is 30.4 Å². The van der Waals surface area contributed by atoms with Gasteiger partial charge in [-0.25, -0.2) is 13.5 Å². The zero-order valence-corrected chi connectivity index (χ0v) is 9.25. The van der Waals surface area contributed by atoms with Gasteiger partial charge in [0.2, 0.25) is 0 Å². The van der Waals surface area contributed by atoms with Gasteiger partial charge in [0.1, 0.15) is 0 Å². The lowest BCUT2D eigenvalue weighted by molar-refractivity contribution is -0.0885. The summed E-state index contributed by atoms with van der Waals surface area (Å²) in [4.78, 5) is 21.1. The lowest BCUT2D eigenvalue weighted by atomic mass is 10.2. The molecule has 1 aromatic rings. The van der Waals surface area contributed by atoms with Crippen molar-refractivity contribution in [1.82, 2.24) is 8.69 Å². The predicted octanol–water partition coefficient (Wildman–Crippen LogP) is -0.00570. The van der Waals surface area contributed by atoms with Crippen LogP contribution in [0.3, 0.4) is 0 Å². The highest BCUT2D eigenvalue weighted by atomic mass is 32.2. The number of nitrogens with one attached hydrogen (secondary N) is 1. The molecule has 11 heteroatoms. The van der Waals surface area contributed by atoms with E-state index in [1.807, 2.05) is 0 Å². The zero-order valence-electron chi connectivity index (χ0n) is 8.43. The second-order valence-corrected chi connectivity index (χ2v) is 4.60. The summed E-state index contributed by atoms with van der Waals surface area (Å²) in [5, 5.41) is 0. The van der Waals surface area contributed by atoms with Crippen LogP contribution in [0.5, 0.6) is 0 Å². The average molecular weight is 285 g/mol. The summed E-state index contributed by atoms with van der Waals surface area (Å²) in [6.45, 7) is 0. The second kappa shape index (κ2) is 4.33. The Hall–Kier alpha value is -2.04. The normalized spacial score (nSPS) is 12.2. The topological polar surface area (TPSA) is 111 Å². The number of halogens is 3. The quantitative estimate of drug-likeness (QED) is 0.761. The van der Waals surface area contributed by atoms with Crippen LogP contribution in [0.15, 0.2) is 18.5 Å². The largest absolute Gasteiger partial charge is 0.454 e.